The molecule has 3 rings (SSSR count). The topological polar surface area (TPSA) is 61.8 Å². The normalized spacial score (nSPS) is 19.9. The molecule has 1 heterocycles. The maximum absolute atomic E-state index is 12.8. The molecule has 1 aliphatic heterocycles. The predicted octanol–water partition coefficient (Wildman–Crippen LogP) is 4.56. The molecule has 8 heteroatoms. The molecule has 32 heavy (non-hydrogen) atoms. The number of ether oxygens (including phenoxy) is 1. The summed E-state index contributed by atoms with van der Waals surface area (Å²) < 4.78 is 44.4. The van der Waals surface area contributed by atoms with Gasteiger partial charge in [0.05, 0.1) is 17.7 Å². The van der Waals surface area contributed by atoms with E-state index in [4.69, 9.17) is 4.74 Å². The van der Waals surface area contributed by atoms with Gasteiger partial charge in [-0.05, 0) is 81.1 Å². The molecule has 0 radical (unpaired) electrons. The van der Waals surface area contributed by atoms with E-state index in [0.29, 0.717) is 38.1 Å². The van der Waals surface area contributed by atoms with Gasteiger partial charge in [-0.15, -0.1) is 0 Å². The van der Waals surface area contributed by atoms with Gasteiger partial charge in [-0.3, -0.25) is 9.69 Å². The second kappa shape index (κ2) is 9.92. The first-order chi connectivity index (χ1) is 15.0. The molecule has 1 atom stereocenters. The summed E-state index contributed by atoms with van der Waals surface area (Å²) in [6.07, 6.45) is -2.79. The van der Waals surface area contributed by atoms with E-state index < -0.39 is 17.3 Å². The third kappa shape index (κ3) is 6.71. The van der Waals surface area contributed by atoms with Crippen LogP contribution in [-0.4, -0.2) is 47.8 Å². The fourth-order valence-corrected chi connectivity index (χ4v) is 3.74. The smallest absolute Gasteiger partial charge is 0.416 e. The van der Waals surface area contributed by atoms with Crippen LogP contribution in [0.1, 0.15) is 36.0 Å². The Bertz CT molecular complexity index is 948. The zero-order valence-corrected chi connectivity index (χ0v) is 18.3. The minimum atomic E-state index is -4.46. The molecule has 2 aromatic rings. The number of rotatable bonds is 6. The number of aryl methyl sites for hydroxylation is 2. The van der Waals surface area contributed by atoms with E-state index in [-0.39, 0.29) is 24.7 Å². The number of likely N-dealkylation sites (tertiary alicyclic amines) is 1. The van der Waals surface area contributed by atoms with Gasteiger partial charge in [0.15, 0.2) is 0 Å². The molecule has 1 aliphatic rings. The molecule has 174 valence electrons. The number of hydrogen-bond acceptors (Lipinski definition) is 4. The largest absolute Gasteiger partial charge is 0.491 e. The fourth-order valence-electron chi connectivity index (χ4n) is 3.74. The summed E-state index contributed by atoms with van der Waals surface area (Å²) in [5.74, 6) is 0.323. The van der Waals surface area contributed by atoms with Crippen LogP contribution in [0.5, 0.6) is 5.75 Å². The number of nitrogens with one attached hydrogen (secondary N) is 1. The number of carbonyl (C=O) groups is 1. The molecule has 1 amide bonds. The number of carbonyl (C=O) groups excluding carboxylic acids is 1. The molecular formula is C24H29F3N2O3. The van der Waals surface area contributed by atoms with Gasteiger partial charge in [-0.25, -0.2) is 0 Å². The van der Waals surface area contributed by atoms with Crippen molar-refractivity contribution in [2.45, 2.75) is 44.9 Å². The van der Waals surface area contributed by atoms with Crippen LogP contribution in [0.25, 0.3) is 0 Å². The molecule has 0 spiro atoms. The second-order valence-corrected chi connectivity index (χ2v) is 8.52. The van der Waals surface area contributed by atoms with Crippen molar-refractivity contribution >= 4 is 11.6 Å². The van der Waals surface area contributed by atoms with Crippen LogP contribution in [0.15, 0.2) is 42.5 Å². The van der Waals surface area contributed by atoms with Crippen molar-refractivity contribution in [3.05, 3.63) is 59.2 Å². The number of halogens is 3. The van der Waals surface area contributed by atoms with Gasteiger partial charge in [-0.1, -0.05) is 12.1 Å². The molecular weight excluding hydrogens is 421 g/mol. The number of anilines is 1. The number of nitrogens with zero attached hydrogens (tertiary/aromatic N) is 1. The minimum absolute atomic E-state index is 0.0460. The Labute approximate surface area is 186 Å². The molecule has 5 nitrogen and oxygen atoms in total. The predicted molar refractivity (Wildman–Crippen MR) is 117 cm³/mol. The lowest BCUT2D eigenvalue weighted by Gasteiger charge is -2.27. The molecule has 1 fully saturated rings. The summed E-state index contributed by atoms with van der Waals surface area (Å²) >= 11 is 0. The summed E-state index contributed by atoms with van der Waals surface area (Å²) in [6.45, 7) is 5.34. The van der Waals surface area contributed by atoms with E-state index in [1.54, 1.807) is 0 Å². The Morgan fingerprint density at radius 2 is 1.91 bits per heavy atom. The molecule has 0 aromatic heterocycles. The van der Waals surface area contributed by atoms with Crippen molar-refractivity contribution in [2.24, 2.45) is 0 Å². The van der Waals surface area contributed by atoms with Gasteiger partial charge in [0.25, 0.3) is 0 Å². The summed E-state index contributed by atoms with van der Waals surface area (Å²) in [5.41, 5.74) is 0.597. The maximum Gasteiger partial charge on any atom is 0.416 e. The SMILES string of the molecule is Cc1ccc(OCC2(O)CCCN(CC(=O)Nc3cccc(C(F)(F)F)c3)CC2)cc1C. The summed E-state index contributed by atoms with van der Waals surface area (Å²) in [7, 11) is 0. The van der Waals surface area contributed by atoms with Gasteiger partial charge in [0.2, 0.25) is 5.91 Å². The van der Waals surface area contributed by atoms with Crippen LogP contribution < -0.4 is 10.1 Å². The summed E-state index contributed by atoms with van der Waals surface area (Å²) in [5, 5.41) is 13.5. The van der Waals surface area contributed by atoms with Gasteiger partial charge in [0.1, 0.15) is 12.4 Å². The molecule has 0 saturated carbocycles. The van der Waals surface area contributed by atoms with E-state index in [0.717, 1.165) is 17.7 Å². The Morgan fingerprint density at radius 1 is 1.12 bits per heavy atom. The van der Waals surface area contributed by atoms with Crippen LogP contribution in [0.4, 0.5) is 18.9 Å². The molecule has 2 N–H and O–H groups in total. The van der Waals surface area contributed by atoms with E-state index in [9.17, 15) is 23.1 Å². The highest BCUT2D eigenvalue weighted by Crippen LogP contribution is 2.30. The Morgan fingerprint density at radius 3 is 2.62 bits per heavy atom. The Balaban J connectivity index is 1.51. The van der Waals surface area contributed by atoms with Crippen LogP contribution in [0, 0.1) is 13.8 Å². The highest BCUT2D eigenvalue weighted by Gasteiger charge is 2.32. The monoisotopic (exact) mass is 450 g/mol. The first kappa shape index (κ1) is 24.1. The molecule has 1 unspecified atom stereocenters. The van der Waals surface area contributed by atoms with Gasteiger partial charge in [-0.2, -0.15) is 13.2 Å². The molecule has 0 aliphatic carbocycles. The zero-order chi connectivity index (χ0) is 23.4. The van der Waals surface area contributed by atoms with E-state index in [1.807, 2.05) is 36.9 Å². The lowest BCUT2D eigenvalue weighted by molar-refractivity contribution is -0.137. The van der Waals surface area contributed by atoms with Gasteiger partial charge >= 0.3 is 6.18 Å². The standard InChI is InChI=1S/C24H29F3N2O3/c1-17-7-8-21(13-18(17)2)32-16-23(31)9-4-11-29(12-10-23)15-22(30)28-20-6-3-5-19(14-20)24(25,26)27/h3,5-8,13-14,31H,4,9-12,15-16H2,1-2H3,(H,28,30). The highest BCUT2D eigenvalue weighted by atomic mass is 19.4. The first-order valence-electron chi connectivity index (χ1n) is 10.7. The van der Waals surface area contributed by atoms with Crippen molar-refractivity contribution in [3.8, 4) is 5.75 Å². The average Bonchev–Trinajstić information content (AvgIpc) is 2.90. The third-order valence-electron chi connectivity index (χ3n) is 5.84. The highest BCUT2D eigenvalue weighted by molar-refractivity contribution is 5.92. The van der Waals surface area contributed by atoms with Crippen LogP contribution in [-0.2, 0) is 11.0 Å². The van der Waals surface area contributed by atoms with E-state index >= 15 is 0 Å². The van der Waals surface area contributed by atoms with Crippen molar-refractivity contribution in [1.82, 2.24) is 4.90 Å². The Hall–Kier alpha value is -2.58. The fraction of sp³-hybridized carbons (Fsp3) is 0.458. The maximum atomic E-state index is 12.8. The number of aliphatic hydroxyl groups is 1. The van der Waals surface area contributed by atoms with Gasteiger partial charge < -0.3 is 15.2 Å². The molecule has 0 bridgehead atoms. The van der Waals surface area contributed by atoms with Crippen LogP contribution in [0.3, 0.4) is 0 Å². The number of hydrogen-bond donors (Lipinski definition) is 2. The second-order valence-electron chi connectivity index (χ2n) is 8.52. The lowest BCUT2D eigenvalue weighted by Crippen LogP contribution is -2.38. The van der Waals surface area contributed by atoms with E-state index in [1.165, 1.54) is 17.7 Å². The zero-order valence-electron chi connectivity index (χ0n) is 18.3. The number of amides is 1. The number of alkyl halides is 3. The first-order valence-corrected chi connectivity index (χ1v) is 10.7. The van der Waals surface area contributed by atoms with Crippen molar-refractivity contribution in [3.63, 3.8) is 0 Å². The van der Waals surface area contributed by atoms with Gasteiger partial charge in [0, 0.05) is 12.2 Å². The van der Waals surface area contributed by atoms with E-state index in [2.05, 4.69) is 5.32 Å². The molecule has 1 saturated heterocycles. The third-order valence-corrected chi connectivity index (χ3v) is 5.84. The Kier molecular flexibility index (Phi) is 7.46. The minimum Gasteiger partial charge on any atom is -0.491 e. The van der Waals surface area contributed by atoms with Crippen molar-refractivity contribution in [1.29, 1.82) is 0 Å². The van der Waals surface area contributed by atoms with Crippen molar-refractivity contribution < 1.29 is 27.8 Å². The summed E-state index contributed by atoms with van der Waals surface area (Å²) in [4.78, 5) is 14.3. The quantitative estimate of drug-likeness (QED) is 0.678. The lowest BCUT2D eigenvalue weighted by atomic mass is 9.96. The van der Waals surface area contributed by atoms with Crippen LogP contribution in [0.2, 0.25) is 0 Å². The van der Waals surface area contributed by atoms with Crippen LogP contribution >= 0.6 is 0 Å². The average molecular weight is 451 g/mol. The summed E-state index contributed by atoms with van der Waals surface area (Å²) in [6, 6.07) is 10.4. The number of benzene rings is 2. The van der Waals surface area contributed by atoms with Crippen molar-refractivity contribution in [2.75, 3.05) is 31.6 Å². The molecule has 2 aromatic carbocycles.